The minimum Gasteiger partial charge on any atom is -0.496 e. The number of carbonyl (C=O) groups excluding carboxylic acids is 1. The third kappa shape index (κ3) is 3.04. The third-order valence-corrected chi connectivity index (χ3v) is 2.78. The molecule has 0 unspecified atom stereocenters. The van der Waals surface area contributed by atoms with Crippen molar-refractivity contribution in [3.05, 3.63) is 47.7 Å². The van der Waals surface area contributed by atoms with Crippen LogP contribution in [0, 0.1) is 6.92 Å². The number of methoxy groups -OCH3 is 1. The molecule has 0 spiro atoms. The van der Waals surface area contributed by atoms with Gasteiger partial charge in [-0.2, -0.15) is 0 Å². The maximum Gasteiger partial charge on any atom is 0.274 e. The highest BCUT2D eigenvalue weighted by Gasteiger charge is 2.09. The van der Waals surface area contributed by atoms with Crippen LogP contribution in [0.2, 0.25) is 0 Å². The highest BCUT2D eigenvalue weighted by molar-refractivity contribution is 6.03. The number of hydrogen-bond acceptors (Lipinski definition) is 5. The number of pyridine rings is 1. The van der Waals surface area contributed by atoms with Crippen molar-refractivity contribution in [3.8, 4) is 5.75 Å². The molecule has 6 nitrogen and oxygen atoms in total. The van der Waals surface area contributed by atoms with Crippen LogP contribution in [0.15, 0.2) is 36.4 Å². The van der Waals surface area contributed by atoms with Crippen molar-refractivity contribution in [2.24, 2.45) is 5.84 Å². The van der Waals surface area contributed by atoms with E-state index in [0.717, 1.165) is 11.3 Å². The zero-order valence-corrected chi connectivity index (χ0v) is 11.3. The Hall–Kier alpha value is -2.60. The van der Waals surface area contributed by atoms with Crippen LogP contribution >= 0.6 is 0 Å². The summed E-state index contributed by atoms with van der Waals surface area (Å²) in [4.78, 5) is 16.1. The van der Waals surface area contributed by atoms with Gasteiger partial charge in [-0.25, -0.2) is 10.8 Å². The molecule has 0 saturated heterocycles. The van der Waals surface area contributed by atoms with E-state index < -0.39 is 0 Å². The molecule has 1 amide bonds. The number of amides is 1. The van der Waals surface area contributed by atoms with Crippen LogP contribution in [0.3, 0.4) is 0 Å². The predicted octanol–water partition coefficient (Wildman–Crippen LogP) is 1.94. The minimum absolute atomic E-state index is 0.286. The summed E-state index contributed by atoms with van der Waals surface area (Å²) in [6, 6.07) is 10.4. The number of benzene rings is 1. The van der Waals surface area contributed by atoms with Gasteiger partial charge in [0.2, 0.25) is 0 Å². The van der Waals surface area contributed by atoms with Crippen LogP contribution in [-0.4, -0.2) is 18.0 Å². The summed E-state index contributed by atoms with van der Waals surface area (Å²) < 4.78 is 5.17. The summed E-state index contributed by atoms with van der Waals surface area (Å²) in [5, 5.41) is 2.78. The molecule has 4 N–H and O–H groups in total. The van der Waals surface area contributed by atoms with Gasteiger partial charge in [-0.15, -0.1) is 0 Å². The van der Waals surface area contributed by atoms with Crippen molar-refractivity contribution in [1.29, 1.82) is 0 Å². The molecule has 0 saturated carbocycles. The van der Waals surface area contributed by atoms with Gasteiger partial charge >= 0.3 is 0 Å². The zero-order valence-electron chi connectivity index (χ0n) is 11.3. The fourth-order valence-electron chi connectivity index (χ4n) is 1.79. The average molecular weight is 272 g/mol. The first-order chi connectivity index (χ1) is 9.63. The summed E-state index contributed by atoms with van der Waals surface area (Å²) >= 11 is 0. The summed E-state index contributed by atoms with van der Waals surface area (Å²) in [5.74, 6) is 6.17. The highest BCUT2D eigenvalue weighted by Crippen LogP contribution is 2.21. The Morgan fingerprint density at radius 1 is 1.30 bits per heavy atom. The van der Waals surface area contributed by atoms with E-state index in [1.807, 2.05) is 13.0 Å². The molecule has 20 heavy (non-hydrogen) atoms. The van der Waals surface area contributed by atoms with Crippen LogP contribution in [0.4, 0.5) is 11.5 Å². The number of hydrazine groups is 1. The summed E-state index contributed by atoms with van der Waals surface area (Å²) in [6.45, 7) is 1.91. The molecule has 0 aliphatic rings. The van der Waals surface area contributed by atoms with Gasteiger partial charge in [0, 0.05) is 5.69 Å². The quantitative estimate of drug-likeness (QED) is 0.584. The van der Waals surface area contributed by atoms with Crippen LogP contribution in [-0.2, 0) is 0 Å². The third-order valence-electron chi connectivity index (χ3n) is 2.78. The number of hydrogen-bond donors (Lipinski definition) is 3. The van der Waals surface area contributed by atoms with Crippen molar-refractivity contribution >= 4 is 17.4 Å². The van der Waals surface area contributed by atoms with E-state index in [4.69, 9.17) is 10.6 Å². The summed E-state index contributed by atoms with van der Waals surface area (Å²) in [7, 11) is 1.61. The van der Waals surface area contributed by atoms with E-state index in [0.29, 0.717) is 11.5 Å². The number of nitrogens with two attached hydrogens (primary N) is 1. The molecule has 2 aromatic rings. The Kier molecular flexibility index (Phi) is 4.17. The predicted molar refractivity (Wildman–Crippen MR) is 77.7 cm³/mol. The Bertz CT molecular complexity index is 628. The number of carbonyl (C=O) groups is 1. The molecular weight excluding hydrogens is 256 g/mol. The van der Waals surface area contributed by atoms with Crippen molar-refractivity contribution in [3.63, 3.8) is 0 Å². The van der Waals surface area contributed by atoms with Crippen LogP contribution < -0.4 is 21.3 Å². The molecule has 104 valence electrons. The maximum absolute atomic E-state index is 12.1. The standard InChI is InChI=1S/C14H16N4O2/c1-9-8-10(6-7-12(9)20-2)16-14(19)11-4-3-5-13(17-11)18-15/h3-8H,15H2,1-2H3,(H,16,19)(H,17,18). The number of nitrogens with zero attached hydrogens (tertiary/aromatic N) is 1. The number of aryl methyl sites for hydroxylation is 1. The van der Waals surface area contributed by atoms with Crippen molar-refractivity contribution in [1.82, 2.24) is 4.98 Å². The van der Waals surface area contributed by atoms with Gasteiger partial charge < -0.3 is 15.5 Å². The molecule has 0 radical (unpaired) electrons. The van der Waals surface area contributed by atoms with E-state index in [1.54, 1.807) is 37.4 Å². The van der Waals surface area contributed by atoms with E-state index in [1.165, 1.54) is 0 Å². The second-order valence-corrected chi connectivity index (χ2v) is 4.19. The fraction of sp³-hybridized carbons (Fsp3) is 0.143. The molecule has 0 aliphatic heterocycles. The first kappa shape index (κ1) is 13.8. The fourth-order valence-corrected chi connectivity index (χ4v) is 1.79. The summed E-state index contributed by atoms with van der Waals surface area (Å²) in [5.41, 5.74) is 4.31. The number of aromatic nitrogens is 1. The molecule has 0 fully saturated rings. The van der Waals surface area contributed by atoms with E-state index in [-0.39, 0.29) is 11.6 Å². The highest BCUT2D eigenvalue weighted by atomic mass is 16.5. The second-order valence-electron chi connectivity index (χ2n) is 4.19. The lowest BCUT2D eigenvalue weighted by Crippen LogP contribution is -2.16. The zero-order chi connectivity index (χ0) is 14.5. The molecule has 1 aromatic heterocycles. The maximum atomic E-state index is 12.1. The van der Waals surface area contributed by atoms with E-state index in [9.17, 15) is 4.79 Å². The Labute approximate surface area is 116 Å². The van der Waals surface area contributed by atoms with Crippen LogP contribution in [0.25, 0.3) is 0 Å². The molecular formula is C14H16N4O2. The Morgan fingerprint density at radius 3 is 2.75 bits per heavy atom. The van der Waals surface area contributed by atoms with Crippen LogP contribution in [0.1, 0.15) is 16.1 Å². The van der Waals surface area contributed by atoms with Gasteiger partial charge in [0.1, 0.15) is 17.3 Å². The topological polar surface area (TPSA) is 89.3 Å². The molecule has 0 bridgehead atoms. The lowest BCUT2D eigenvalue weighted by Gasteiger charge is -2.09. The lowest BCUT2D eigenvalue weighted by molar-refractivity contribution is 0.102. The molecule has 2 rings (SSSR count). The molecule has 1 heterocycles. The van der Waals surface area contributed by atoms with E-state index >= 15 is 0 Å². The normalized spacial score (nSPS) is 9.95. The number of ether oxygens (including phenoxy) is 1. The molecule has 1 aromatic carbocycles. The number of nitrogen functional groups attached to an aromatic ring is 1. The van der Waals surface area contributed by atoms with Gasteiger partial charge in [0.25, 0.3) is 5.91 Å². The van der Waals surface area contributed by atoms with E-state index in [2.05, 4.69) is 15.7 Å². The molecule has 0 atom stereocenters. The van der Waals surface area contributed by atoms with Crippen molar-refractivity contribution in [2.45, 2.75) is 6.92 Å². The molecule has 6 heteroatoms. The first-order valence-corrected chi connectivity index (χ1v) is 6.03. The van der Waals surface area contributed by atoms with Crippen molar-refractivity contribution in [2.75, 3.05) is 17.9 Å². The monoisotopic (exact) mass is 272 g/mol. The van der Waals surface area contributed by atoms with Crippen LogP contribution in [0.5, 0.6) is 5.75 Å². The Balaban J connectivity index is 2.16. The lowest BCUT2D eigenvalue weighted by atomic mass is 10.2. The average Bonchev–Trinajstić information content (AvgIpc) is 2.47. The number of rotatable bonds is 4. The summed E-state index contributed by atoms with van der Waals surface area (Å²) in [6.07, 6.45) is 0. The van der Waals surface area contributed by atoms with Gasteiger partial charge in [-0.05, 0) is 42.8 Å². The smallest absolute Gasteiger partial charge is 0.274 e. The SMILES string of the molecule is COc1ccc(NC(=O)c2cccc(NN)n2)cc1C. The number of anilines is 2. The minimum atomic E-state index is -0.299. The largest absolute Gasteiger partial charge is 0.496 e. The van der Waals surface area contributed by atoms with Gasteiger partial charge in [0.15, 0.2) is 0 Å². The first-order valence-electron chi connectivity index (χ1n) is 6.03. The second kappa shape index (κ2) is 6.03. The number of nitrogens with one attached hydrogen (secondary N) is 2. The van der Waals surface area contributed by atoms with Gasteiger partial charge in [-0.3, -0.25) is 4.79 Å². The van der Waals surface area contributed by atoms with Crippen molar-refractivity contribution < 1.29 is 9.53 Å². The molecule has 0 aliphatic carbocycles. The Morgan fingerprint density at radius 2 is 2.10 bits per heavy atom. The van der Waals surface area contributed by atoms with Gasteiger partial charge in [-0.1, -0.05) is 6.07 Å². The van der Waals surface area contributed by atoms with Gasteiger partial charge in [0.05, 0.1) is 7.11 Å².